The minimum absolute atomic E-state index is 0.626. The zero-order chi connectivity index (χ0) is 10.8. The molecule has 16 heavy (non-hydrogen) atoms. The molecule has 0 saturated heterocycles. The van der Waals surface area contributed by atoms with Crippen LogP contribution in [0, 0.1) is 0 Å². The molecule has 0 spiro atoms. The second kappa shape index (κ2) is 3.66. The van der Waals surface area contributed by atoms with Gasteiger partial charge in [0.1, 0.15) is 12.0 Å². The van der Waals surface area contributed by atoms with Crippen molar-refractivity contribution in [1.29, 1.82) is 0 Å². The van der Waals surface area contributed by atoms with Crippen LogP contribution in [0.25, 0.3) is 22.4 Å². The van der Waals surface area contributed by atoms with E-state index in [0.717, 1.165) is 16.6 Å². The number of fused-ring (bicyclic) bond motifs is 1. The molecule has 0 radical (unpaired) electrons. The molecule has 0 unspecified atom stereocenters. The third-order valence-electron chi connectivity index (χ3n) is 2.30. The predicted octanol–water partition coefficient (Wildman–Crippen LogP) is 2.09. The van der Waals surface area contributed by atoms with Crippen LogP contribution in [0.4, 0.5) is 0 Å². The number of rotatable bonds is 1. The van der Waals surface area contributed by atoms with Gasteiger partial charge in [0, 0.05) is 17.8 Å². The number of hydrogen-bond acceptors (Lipinski definition) is 4. The third-order valence-corrected chi connectivity index (χ3v) is 2.30. The molecule has 3 aromatic rings. The van der Waals surface area contributed by atoms with Gasteiger partial charge < -0.3 is 0 Å². The van der Waals surface area contributed by atoms with Crippen LogP contribution in [0.15, 0.2) is 49.1 Å². The van der Waals surface area contributed by atoms with Crippen molar-refractivity contribution >= 4 is 10.9 Å². The van der Waals surface area contributed by atoms with Crippen LogP contribution in [0.5, 0.6) is 0 Å². The van der Waals surface area contributed by atoms with Gasteiger partial charge in [-0.25, -0.2) is 19.9 Å². The summed E-state index contributed by atoms with van der Waals surface area (Å²) >= 11 is 0. The standard InChI is InChI=1S/C12H8N4/c1-2-4-10-9(3-1)7-14-12(16-10)11-5-6-13-8-15-11/h1-8H. The lowest BCUT2D eigenvalue weighted by molar-refractivity contribution is 1.12. The molecule has 0 fully saturated rings. The van der Waals surface area contributed by atoms with Crippen molar-refractivity contribution in [2.75, 3.05) is 0 Å². The lowest BCUT2D eigenvalue weighted by Gasteiger charge is -2.00. The summed E-state index contributed by atoms with van der Waals surface area (Å²) in [6, 6.07) is 9.67. The molecular weight excluding hydrogens is 200 g/mol. The van der Waals surface area contributed by atoms with Gasteiger partial charge in [-0.1, -0.05) is 18.2 Å². The molecule has 1 aromatic carbocycles. The van der Waals surface area contributed by atoms with Gasteiger partial charge in [-0.05, 0) is 12.1 Å². The van der Waals surface area contributed by atoms with Crippen molar-refractivity contribution in [2.45, 2.75) is 0 Å². The Kier molecular flexibility index (Phi) is 2.04. The molecular formula is C12H8N4. The van der Waals surface area contributed by atoms with E-state index in [4.69, 9.17) is 0 Å². The van der Waals surface area contributed by atoms with Crippen LogP contribution in [0.3, 0.4) is 0 Å². The molecule has 0 aliphatic rings. The Morgan fingerprint density at radius 1 is 0.938 bits per heavy atom. The largest absolute Gasteiger partial charge is 0.245 e. The van der Waals surface area contributed by atoms with Crippen molar-refractivity contribution in [3.05, 3.63) is 49.1 Å². The van der Waals surface area contributed by atoms with E-state index in [1.54, 1.807) is 18.5 Å². The molecule has 0 aliphatic carbocycles. The number of para-hydroxylation sites is 1. The summed E-state index contributed by atoms with van der Waals surface area (Å²) in [6.45, 7) is 0. The molecule has 3 rings (SSSR count). The molecule has 0 saturated carbocycles. The molecule has 0 bridgehead atoms. The molecule has 0 N–H and O–H groups in total. The quantitative estimate of drug-likeness (QED) is 0.614. The van der Waals surface area contributed by atoms with Crippen molar-refractivity contribution < 1.29 is 0 Å². The van der Waals surface area contributed by atoms with E-state index < -0.39 is 0 Å². The van der Waals surface area contributed by atoms with Gasteiger partial charge in [0.2, 0.25) is 0 Å². The summed E-state index contributed by atoms with van der Waals surface area (Å²) in [5, 5.41) is 1.03. The number of benzene rings is 1. The van der Waals surface area contributed by atoms with Gasteiger partial charge in [0.05, 0.1) is 5.52 Å². The Labute approximate surface area is 92.0 Å². The molecule has 2 aromatic heterocycles. The maximum absolute atomic E-state index is 4.44. The van der Waals surface area contributed by atoms with Gasteiger partial charge >= 0.3 is 0 Å². The predicted molar refractivity (Wildman–Crippen MR) is 60.6 cm³/mol. The van der Waals surface area contributed by atoms with E-state index >= 15 is 0 Å². The normalized spacial score (nSPS) is 10.5. The van der Waals surface area contributed by atoms with Crippen LogP contribution < -0.4 is 0 Å². The molecule has 76 valence electrons. The summed E-state index contributed by atoms with van der Waals surface area (Å²) in [6.07, 6.45) is 4.98. The highest BCUT2D eigenvalue weighted by Crippen LogP contribution is 2.15. The summed E-state index contributed by atoms with van der Waals surface area (Å²) in [4.78, 5) is 16.7. The summed E-state index contributed by atoms with van der Waals surface area (Å²) in [5.74, 6) is 0.626. The molecule has 2 heterocycles. The molecule has 0 atom stereocenters. The van der Waals surface area contributed by atoms with Gasteiger partial charge in [-0.15, -0.1) is 0 Å². The highest BCUT2D eigenvalue weighted by molar-refractivity contribution is 5.78. The van der Waals surface area contributed by atoms with Gasteiger partial charge in [-0.3, -0.25) is 0 Å². The average Bonchev–Trinajstić information content (AvgIpc) is 2.39. The minimum Gasteiger partial charge on any atom is -0.245 e. The lowest BCUT2D eigenvalue weighted by atomic mass is 10.2. The lowest BCUT2D eigenvalue weighted by Crippen LogP contribution is -1.92. The maximum atomic E-state index is 4.44. The van der Waals surface area contributed by atoms with Gasteiger partial charge in [0.15, 0.2) is 5.82 Å². The van der Waals surface area contributed by atoms with Crippen LogP contribution in [0.1, 0.15) is 0 Å². The second-order valence-corrected chi connectivity index (χ2v) is 3.35. The molecule has 0 aliphatic heterocycles. The number of hydrogen-bond donors (Lipinski definition) is 0. The zero-order valence-corrected chi connectivity index (χ0v) is 8.41. The average molecular weight is 208 g/mol. The van der Waals surface area contributed by atoms with Crippen LogP contribution in [0.2, 0.25) is 0 Å². The van der Waals surface area contributed by atoms with E-state index in [-0.39, 0.29) is 0 Å². The highest BCUT2D eigenvalue weighted by Gasteiger charge is 2.02. The van der Waals surface area contributed by atoms with Crippen LogP contribution >= 0.6 is 0 Å². The Balaban J connectivity index is 2.19. The first-order chi connectivity index (χ1) is 7.93. The van der Waals surface area contributed by atoms with Crippen molar-refractivity contribution in [1.82, 2.24) is 19.9 Å². The van der Waals surface area contributed by atoms with E-state index in [1.807, 2.05) is 24.3 Å². The zero-order valence-electron chi connectivity index (χ0n) is 8.41. The molecule has 4 heteroatoms. The molecule has 4 nitrogen and oxygen atoms in total. The fourth-order valence-electron chi connectivity index (χ4n) is 1.52. The third kappa shape index (κ3) is 1.50. The van der Waals surface area contributed by atoms with E-state index in [1.165, 1.54) is 6.33 Å². The second-order valence-electron chi connectivity index (χ2n) is 3.35. The van der Waals surface area contributed by atoms with E-state index in [0.29, 0.717) is 5.82 Å². The maximum Gasteiger partial charge on any atom is 0.178 e. The number of aromatic nitrogens is 4. The topological polar surface area (TPSA) is 51.6 Å². The van der Waals surface area contributed by atoms with Crippen LogP contribution in [-0.2, 0) is 0 Å². The fourth-order valence-corrected chi connectivity index (χ4v) is 1.52. The Hall–Kier alpha value is -2.36. The fraction of sp³-hybridized carbons (Fsp3) is 0. The van der Waals surface area contributed by atoms with E-state index in [2.05, 4.69) is 19.9 Å². The van der Waals surface area contributed by atoms with Crippen molar-refractivity contribution in [2.24, 2.45) is 0 Å². The van der Waals surface area contributed by atoms with Gasteiger partial charge in [0.25, 0.3) is 0 Å². The summed E-state index contributed by atoms with van der Waals surface area (Å²) < 4.78 is 0. The van der Waals surface area contributed by atoms with Crippen molar-refractivity contribution in [3.8, 4) is 11.5 Å². The van der Waals surface area contributed by atoms with Crippen LogP contribution in [-0.4, -0.2) is 19.9 Å². The Morgan fingerprint density at radius 2 is 1.88 bits per heavy atom. The first-order valence-corrected chi connectivity index (χ1v) is 4.92. The number of nitrogens with zero attached hydrogens (tertiary/aromatic N) is 4. The first kappa shape index (κ1) is 8.91. The Bertz CT molecular complexity index is 622. The first-order valence-electron chi connectivity index (χ1n) is 4.92. The van der Waals surface area contributed by atoms with Crippen molar-refractivity contribution in [3.63, 3.8) is 0 Å². The molecule has 0 amide bonds. The highest BCUT2D eigenvalue weighted by atomic mass is 14.9. The SMILES string of the molecule is c1ccc2nc(-c3ccncn3)ncc2c1. The van der Waals surface area contributed by atoms with Gasteiger partial charge in [-0.2, -0.15) is 0 Å². The summed E-state index contributed by atoms with van der Waals surface area (Å²) in [7, 11) is 0. The Morgan fingerprint density at radius 3 is 2.75 bits per heavy atom. The summed E-state index contributed by atoms with van der Waals surface area (Å²) in [5.41, 5.74) is 1.66. The minimum atomic E-state index is 0.626. The van der Waals surface area contributed by atoms with E-state index in [9.17, 15) is 0 Å². The smallest absolute Gasteiger partial charge is 0.178 e. The monoisotopic (exact) mass is 208 g/mol.